The largest absolute Gasteiger partial charge is 0.310 e. The molecule has 0 radical (unpaired) electrons. The lowest BCUT2D eigenvalue weighted by Crippen LogP contribution is -2.38. The maximum absolute atomic E-state index is 3.71. The zero-order chi connectivity index (χ0) is 16.7. The zero-order valence-electron chi connectivity index (χ0n) is 16.1. The summed E-state index contributed by atoms with van der Waals surface area (Å²) in [5.74, 6) is 1.87. The molecule has 0 amide bonds. The third-order valence-corrected chi connectivity index (χ3v) is 7.31. The summed E-state index contributed by atoms with van der Waals surface area (Å²) in [6.07, 6.45) is 10.6. The Morgan fingerprint density at radius 1 is 1.17 bits per heavy atom. The van der Waals surface area contributed by atoms with Gasteiger partial charge in [0.15, 0.2) is 0 Å². The highest BCUT2D eigenvalue weighted by Crippen LogP contribution is 2.63. The molecule has 4 atom stereocenters. The van der Waals surface area contributed by atoms with Crippen LogP contribution in [0.1, 0.15) is 73.1 Å². The van der Waals surface area contributed by atoms with E-state index in [2.05, 4.69) is 50.9 Å². The van der Waals surface area contributed by atoms with Crippen molar-refractivity contribution in [3.05, 3.63) is 11.6 Å². The number of allylic oxidation sites excluding steroid dienone is 2. The Hall–Kier alpha value is -0.340. The highest BCUT2D eigenvalue weighted by atomic mass is 15.2. The molecule has 0 aromatic carbocycles. The lowest BCUT2D eigenvalue weighted by Gasteiger charge is -2.30. The fraction of sp³-hybridized carbons (Fsp3) is 0.905. The molecule has 23 heavy (non-hydrogen) atoms. The first-order valence-electron chi connectivity index (χ1n) is 9.96. The maximum atomic E-state index is 3.71. The van der Waals surface area contributed by atoms with E-state index in [-0.39, 0.29) is 0 Å². The predicted octanol–water partition coefficient (Wildman–Crippen LogP) is 4.61. The van der Waals surface area contributed by atoms with E-state index in [1.54, 1.807) is 5.57 Å². The van der Waals surface area contributed by atoms with E-state index in [0.29, 0.717) is 11.0 Å². The number of hydrogen-bond donors (Lipinski definition) is 1. The molecule has 2 aliphatic heterocycles. The van der Waals surface area contributed by atoms with Gasteiger partial charge < -0.3 is 5.32 Å². The highest BCUT2D eigenvalue weighted by Gasteiger charge is 2.56. The SMILES string of the molecule is C/C1=C/CCCN([C@@H]2CNC(C)(C)C2)CCC[C@@]2(C)C(C)C2C1. The molecule has 0 aromatic heterocycles. The minimum absolute atomic E-state index is 0.326. The summed E-state index contributed by atoms with van der Waals surface area (Å²) in [5, 5.41) is 3.71. The Labute approximate surface area is 144 Å². The second kappa shape index (κ2) is 6.52. The lowest BCUT2D eigenvalue weighted by molar-refractivity contribution is 0.189. The van der Waals surface area contributed by atoms with Crippen molar-refractivity contribution in [3.8, 4) is 0 Å². The van der Waals surface area contributed by atoms with Gasteiger partial charge in [-0.05, 0) is 89.6 Å². The molecule has 1 N–H and O–H groups in total. The average molecular weight is 319 g/mol. The number of fused-ring (bicyclic) bond motifs is 1. The van der Waals surface area contributed by atoms with Gasteiger partial charge in [0.05, 0.1) is 0 Å². The van der Waals surface area contributed by atoms with E-state index in [1.165, 1.54) is 58.2 Å². The first-order chi connectivity index (χ1) is 10.8. The molecule has 2 heteroatoms. The zero-order valence-corrected chi connectivity index (χ0v) is 16.1. The van der Waals surface area contributed by atoms with E-state index in [4.69, 9.17) is 0 Å². The lowest BCUT2D eigenvalue weighted by atomic mass is 9.94. The Bertz CT molecular complexity index is 453. The third-order valence-electron chi connectivity index (χ3n) is 7.31. The van der Waals surface area contributed by atoms with Crippen LogP contribution in [0.4, 0.5) is 0 Å². The van der Waals surface area contributed by atoms with Gasteiger partial charge in [-0.2, -0.15) is 0 Å². The molecule has 1 saturated carbocycles. The molecule has 2 nitrogen and oxygen atoms in total. The molecule has 0 spiro atoms. The van der Waals surface area contributed by atoms with Crippen molar-refractivity contribution in [1.29, 1.82) is 0 Å². The fourth-order valence-electron chi connectivity index (χ4n) is 5.33. The first kappa shape index (κ1) is 17.5. The van der Waals surface area contributed by atoms with Crippen LogP contribution >= 0.6 is 0 Å². The van der Waals surface area contributed by atoms with Crippen LogP contribution < -0.4 is 5.32 Å². The van der Waals surface area contributed by atoms with Crippen LogP contribution in [0, 0.1) is 17.3 Å². The van der Waals surface area contributed by atoms with Crippen LogP contribution in [0.5, 0.6) is 0 Å². The molecular weight excluding hydrogens is 280 g/mol. The molecule has 132 valence electrons. The molecular formula is C21H38N2. The van der Waals surface area contributed by atoms with Crippen molar-refractivity contribution in [3.63, 3.8) is 0 Å². The van der Waals surface area contributed by atoms with Gasteiger partial charge in [0.2, 0.25) is 0 Å². The summed E-state index contributed by atoms with van der Waals surface area (Å²) in [4.78, 5) is 2.80. The van der Waals surface area contributed by atoms with Gasteiger partial charge in [-0.25, -0.2) is 0 Å². The summed E-state index contributed by atoms with van der Waals surface area (Å²) in [7, 11) is 0. The van der Waals surface area contributed by atoms with E-state index >= 15 is 0 Å². The molecule has 2 unspecified atom stereocenters. The summed E-state index contributed by atoms with van der Waals surface area (Å²) in [5.41, 5.74) is 2.58. The topological polar surface area (TPSA) is 15.3 Å². The quantitative estimate of drug-likeness (QED) is 0.710. The van der Waals surface area contributed by atoms with Crippen LogP contribution in [-0.2, 0) is 0 Å². The van der Waals surface area contributed by atoms with E-state index in [0.717, 1.165) is 17.9 Å². The Kier molecular flexibility index (Phi) is 4.95. The van der Waals surface area contributed by atoms with Crippen LogP contribution in [-0.4, -0.2) is 36.1 Å². The normalized spacial score (nSPS) is 44.6. The van der Waals surface area contributed by atoms with Crippen molar-refractivity contribution in [2.75, 3.05) is 19.6 Å². The molecule has 1 aliphatic carbocycles. The number of nitrogens with zero attached hydrogens (tertiary/aromatic N) is 1. The van der Waals surface area contributed by atoms with Gasteiger partial charge in [-0.3, -0.25) is 4.90 Å². The minimum Gasteiger partial charge on any atom is -0.310 e. The monoisotopic (exact) mass is 318 g/mol. The van der Waals surface area contributed by atoms with Gasteiger partial charge in [-0.1, -0.05) is 25.5 Å². The summed E-state index contributed by atoms with van der Waals surface area (Å²) >= 11 is 0. The Balaban J connectivity index is 1.64. The van der Waals surface area contributed by atoms with E-state index < -0.39 is 0 Å². The van der Waals surface area contributed by atoms with Gasteiger partial charge in [-0.15, -0.1) is 0 Å². The van der Waals surface area contributed by atoms with Gasteiger partial charge in [0.25, 0.3) is 0 Å². The summed E-state index contributed by atoms with van der Waals surface area (Å²) in [6.45, 7) is 15.9. The van der Waals surface area contributed by atoms with Crippen molar-refractivity contribution < 1.29 is 0 Å². The number of rotatable bonds is 1. The third kappa shape index (κ3) is 3.85. The van der Waals surface area contributed by atoms with Crippen LogP contribution in [0.25, 0.3) is 0 Å². The minimum atomic E-state index is 0.326. The second-order valence-electron chi connectivity index (χ2n) is 9.56. The molecule has 0 bridgehead atoms. The molecule has 2 fully saturated rings. The van der Waals surface area contributed by atoms with Gasteiger partial charge in [0, 0.05) is 18.1 Å². The van der Waals surface area contributed by atoms with Crippen LogP contribution in [0.3, 0.4) is 0 Å². The Morgan fingerprint density at radius 2 is 1.91 bits per heavy atom. The summed E-state index contributed by atoms with van der Waals surface area (Å²) in [6, 6.07) is 0.748. The first-order valence-corrected chi connectivity index (χ1v) is 9.96. The predicted molar refractivity (Wildman–Crippen MR) is 99.7 cm³/mol. The fourth-order valence-corrected chi connectivity index (χ4v) is 5.33. The molecule has 2 heterocycles. The van der Waals surface area contributed by atoms with E-state index in [9.17, 15) is 0 Å². The number of nitrogens with one attached hydrogen (secondary N) is 1. The average Bonchev–Trinajstić information content (AvgIpc) is 2.81. The van der Waals surface area contributed by atoms with Crippen molar-refractivity contribution in [2.45, 2.75) is 84.7 Å². The van der Waals surface area contributed by atoms with E-state index in [1.807, 2.05) is 0 Å². The van der Waals surface area contributed by atoms with Crippen LogP contribution in [0.15, 0.2) is 11.6 Å². The summed E-state index contributed by atoms with van der Waals surface area (Å²) < 4.78 is 0. The second-order valence-corrected chi connectivity index (χ2v) is 9.56. The number of hydrogen-bond acceptors (Lipinski definition) is 2. The standard InChI is InChI=1S/C21H38N2/c1-16-9-6-7-11-23(18-14-20(3,4)22-15-18)12-8-10-21(5)17(2)19(21)13-16/h9,17-19,22H,6-8,10-15H2,1-5H3/b16-9-/t17?,18-,19?,21-/m0/s1. The smallest absolute Gasteiger partial charge is 0.0238 e. The molecule has 0 aromatic rings. The van der Waals surface area contributed by atoms with Gasteiger partial charge >= 0.3 is 0 Å². The van der Waals surface area contributed by atoms with Crippen molar-refractivity contribution >= 4 is 0 Å². The Morgan fingerprint density at radius 3 is 2.61 bits per heavy atom. The van der Waals surface area contributed by atoms with Gasteiger partial charge in [0.1, 0.15) is 0 Å². The molecule has 3 aliphatic rings. The molecule has 1 saturated heterocycles. The molecule has 3 rings (SSSR count). The maximum Gasteiger partial charge on any atom is 0.0238 e. The highest BCUT2D eigenvalue weighted by molar-refractivity contribution is 5.12. The van der Waals surface area contributed by atoms with Crippen molar-refractivity contribution in [2.24, 2.45) is 17.3 Å². The van der Waals surface area contributed by atoms with Crippen molar-refractivity contribution in [1.82, 2.24) is 10.2 Å². The van der Waals surface area contributed by atoms with Crippen LogP contribution in [0.2, 0.25) is 0 Å².